The summed E-state index contributed by atoms with van der Waals surface area (Å²) >= 11 is 1.48. The minimum Gasteiger partial charge on any atom is -0.378 e. The molecule has 16 heavy (non-hydrogen) atoms. The summed E-state index contributed by atoms with van der Waals surface area (Å²) in [7, 11) is -3.09. The first kappa shape index (κ1) is 13.7. The van der Waals surface area contributed by atoms with Gasteiger partial charge in [-0.15, -0.1) is 11.3 Å². The lowest BCUT2D eigenvalue weighted by molar-refractivity contribution is 0.0912. The Morgan fingerprint density at radius 2 is 2.06 bits per heavy atom. The van der Waals surface area contributed by atoms with Crippen molar-refractivity contribution in [2.24, 2.45) is 0 Å². The molecule has 0 aliphatic carbocycles. The second-order valence-corrected chi connectivity index (χ2v) is 7.36. The van der Waals surface area contributed by atoms with Gasteiger partial charge in [0, 0.05) is 4.88 Å². The van der Waals surface area contributed by atoms with E-state index in [9.17, 15) is 8.42 Å². The van der Waals surface area contributed by atoms with Gasteiger partial charge >= 0.3 is 0 Å². The van der Waals surface area contributed by atoms with Gasteiger partial charge in [0.25, 0.3) is 0 Å². The Hall–Kier alpha value is -0.390. The van der Waals surface area contributed by atoms with Gasteiger partial charge in [-0.2, -0.15) is 0 Å². The lowest BCUT2D eigenvalue weighted by Gasteiger charge is -2.12. The van der Waals surface area contributed by atoms with Gasteiger partial charge in [0.15, 0.2) is 9.84 Å². The first-order valence-electron chi connectivity index (χ1n) is 5.30. The maximum atomic E-state index is 11.9. The van der Waals surface area contributed by atoms with Crippen LogP contribution in [0.1, 0.15) is 30.9 Å². The van der Waals surface area contributed by atoms with E-state index in [0.29, 0.717) is 0 Å². The Kier molecular flexibility index (Phi) is 4.95. The lowest BCUT2D eigenvalue weighted by Crippen LogP contribution is -2.19. The first-order valence-corrected chi connectivity index (χ1v) is 7.89. The van der Waals surface area contributed by atoms with Crippen LogP contribution in [0.4, 0.5) is 0 Å². The molecule has 3 nitrogen and oxygen atoms in total. The predicted molar refractivity (Wildman–Crippen MR) is 67.6 cm³/mol. The van der Waals surface area contributed by atoms with Gasteiger partial charge in [-0.05, 0) is 32.2 Å². The fourth-order valence-corrected chi connectivity index (χ4v) is 3.66. The molecule has 0 saturated heterocycles. The highest BCUT2D eigenvalue weighted by molar-refractivity contribution is 7.91. The van der Waals surface area contributed by atoms with E-state index < -0.39 is 15.1 Å². The highest BCUT2D eigenvalue weighted by atomic mass is 32.2. The van der Waals surface area contributed by atoms with Crippen LogP contribution in [0.2, 0.25) is 0 Å². The van der Waals surface area contributed by atoms with Crippen molar-refractivity contribution in [3.63, 3.8) is 0 Å². The Morgan fingerprint density at radius 1 is 1.38 bits per heavy atom. The van der Waals surface area contributed by atoms with Crippen molar-refractivity contribution >= 4 is 21.2 Å². The number of rotatable bonds is 6. The molecular weight excluding hydrogens is 244 g/mol. The van der Waals surface area contributed by atoms with Crippen molar-refractivity contribution in [3.8, 4) is 0 Å². The fourth-order valence-electron chi connectivity index (χ4n) is 1.28. The van der Waals surface area contributed by atoms with E-state index in [1.807, 2.05) is 31.4 Å². The lowest BCUT2D eigenvalue weighted by atomic mass is 10.4. The number of ether oxygens (including phenoxy) is 1. The van der Waals surface area contributed by atoms with Crippen molar-refractivity contribution in [3.05, 3.63) is 22.4 Å². The molecule has 0 spiro atoms. The molecule has 92 valence electrons. The molecule has 0 fully saturated rings. The third-order valence-electron chi connectivity index (χ3n) is 2.30. The molecule has 5 heteroatoms. The van der Waals surface area contributed by atoms with Crippen LogP contribution in [0, 0.1) is 0 Å². The largest absolute Gasteiger partial charge is 0.378 e. The van der Waals surface area contributed by atoms with Gasteiger partial charge in [0.2, 0.25) is 0 Å². The van der Waals surface area contributed by atoms with Crippen LogP contribution in [0.25, 0.3) is 0 Å². The molecule has 0 aliphatic rings. The van der Waals surface area contributed by atoms with Crippen LogP contribution in [0.15, 0.2) is 17.5 Å². The van der Waals surface area contributed by atoms with Crippen molar-refractivity contribution in [1.82, 2.24) is 0 Å². The minimum atomic E-state index is -3.09. The Bertz CT molecular complexity index is 393. The van der Waals surface area contributed by atoms with E-state index in [1.165, 1.54) is 11.3 Å². The molecule has 0 N–H and O–H groups in total. The third-order valence-corrected chi connectivity index (χ3v) is 5.57. The van der Waals surface area contributed by atoms with E-state index in [2.05, 4.69) is 0 Å². The second-order valence-electron chi connectivity index (χ2n) is 3.94. The Balaban J connectivity index is 2.57. The van der Waals surface area contributed by atoms with E-state index in [1.54, 1.807) is 6.92 Å². The maximum Gasteiger partial charge on any atom is 0.160 e. The maximum absolute atomic E-state index is 11.9. The average molecular weight is 262 g/mol. The van der Waals surface area contributed by atoms with Crippen LogP contribution in [-0.4, -0.2) is 26.9 Å². The van der Waals surface area contributed by atoms with Crippen molar-refractivity contribution in [1.29, 1.82) is 0 Å². The topological polar surface area (TPSA) is 43.4 Å². The minimum absolute atomic E-state index is 0.0762. The molecule has 1 heterocycles. The van der Waals surface area contributed by atoms with Gasteiger partial charge in [0.1, 0.15) is 0 Å². The number of hydrogen-bond acceptors (Lipinski definition) is 4. The normalized spacial score (nSPS) is 14.2. The number of hydrogen-bond donors (Lipinski definition) is 0. The summed E-state index contributed by atoms with van der Waals surface area (Å²) in [6.07, 6.45) is 0.0762. The molecule has 0 aromatic carbocycles. The zero-order chi connectivity index (χ0) is 12.2. The highest BCUT2D eigenvalue weighted by Crippen LogP contribution is 2.26. The van der Waals surface area contributed by atoms with E-state index in [-0.39, 0.29) is 18.5 Å². The van der Waals surface area contributed by atoms with Crippen molar-refractivity contribution in [2.45, 2.75) is 32.1 Å². The van der Waals surface area contributed by atoms with E-state index >= 15 is 0 Å². The van der Waals surface area contributed by atoms with Crippen molar-refractivity contribution < 1.29 is 13.2 Å². The summed E-state index contributed by atoms with van der Waals surface area (Å²) in [5.74, 6) is 0.0875. The standard InChI is InChI=1S/C11H18O3S2/c1-9(2)14-6-8-16(12,13)10(3)11-5-4-7-15-11/h4-5,7,9-10H,6,8H2,1-3H3/t10-/m0/s1. The van der Waals surface area contributed by atoms with Crippen LogP contribution in [-0.2, 0) is 14.6 Å². The molecule has 0 amide bonds. The second kappa shape index (κ2) is 5.80. The molecule has 1 rings (SSSR count). The van der Waals surface area contributed by atoms with Crippen LogP contribution in [0.5, 0.6) is 0 Å². The Labute approximate surface area is 101 Å². The molecule has 1 atom stereocenters. The van der Waals surface area contributed by atoms with Crippen molar-refractivity contribution in [2.75, 3.05) is 12.4 Å². The highest BCUT2D eigenvalue weighted by Gasteiger charge is 2.23. The molecule has 0 unspecified atom stereocenters. The van der Waals surface area contributed by atoms with Gasteiger partial charge in [-0.25, -0.2) is 8.42 Å². The summed E-state index contributed by atoms with van der Waals surface area (Å²) < 4.78 is 29.1. The monoisotopic (exact) mass is 262 g/mol. The number of thiophene rings is 1. The molecule has 0 bridgehead atoms. The zero-order valence-electron chi connectivity index (χ0n) is 9.84. The van der Waals surface area contributed by atoms with E-state index in [4.69, 9.17) is 4.74 Å². The summed E-state index contributed by atoms with van der Waals surface area (Å²) in [6.45, 7) is 5.80. The smallest absolute Gasteiger partial charge is 0.160 e. The molecule has 1 aromatic rings. The molecular formula is C11H18O3S2. The van der Waals surface area contributed by atoms with Gasteiger partial charge in [-0.1, -0.05) is 6.07 Å². The molecule has 0 saturated carbocycles. The van der Waals surface area contributed by atoms with Crippen LogP contribution in [0.3, 0.4) is 0 Å². The summed E-state index contributed by atoms with van der Waals surface area (Å²) in [4.78, 5) is 0.893. The fraction of sp³-hybridized carbons (Fsp3) is 0.636. The quantitative estimate of drug-likeness (QED) is 0.791. The molecule has 1 aromatic heterocycles. The Morgan fingerprint density at radius 3 is 2.56 bits per heavy atom. The van der Waals surface area contributed by atoms with Gasteiger partial charge in [0.05, 0.1) is 23.7 Å². The average Bonchev–Trinajstić information content (AvgIpc) is 2.68. The number of sulfone groups is 1. The summed E-state index contributed by atoms with van der Waals surface area (Å²) in [5, 5.41) is 1.47. The zero-order valence-corrected chi connectivity index (χ0v) is 11.5. The SMILES string of the molecule is CC(C)OCCS(=O)(=O)[C@@H](C)c1cccs1. The van der Waals surface area contributed by atoms with Gasteiger partial charge in [-0.3, -0.25) is 0 Å². The van der Waals surface area contributed by atoms with Crippen LogP contribution < -0.4 is 0 Å². The summed E-state index contributed by atoms with van der Waals surface area (Å²) in [5.41, 5.74) is 0. The van der Waals surface area contributed by atoms with E-state index in [0.717, 1.165) is 4.88 Å². The van der Waals surface area contributed by atoms with Gasteiger partial charge < -0.3 is 4.74 Å². The molecule has 0 aliphatic heterocycles. The predicted octanol–water partition coefficient (Wildman–Crippen LogP) is 2.65. The first-order chi connectivity index (χ1) is 7.43. The summed E-state index contributed by atoms with van der Waals surface area (Å²) in [6, 6.07) is 3.73. The third kappa shape index (κ3) is 3.88. The van der Waals surface area contributed by atoms with Crippen LogP contribution >= 0.6 is 11.3 Å². The molecule has 0 radical (unpaired) electrons.